The minimum absolute atomic E-state index is 0.105. The van der Waals surface area contributed by atoms with Gasteiger partial charge in [-0.3, -0.25) is 0 Å². The second-order valence-corrected chi connectivity index (χ2v) is 5.73. The molecule has 0 aliphatic rings. The summed E-state index contributed by atoms with van der Waals surface area (Å²) in [5.41, 5.74) is 5.81. The van der Waals surface area contributed by atoms with Crippen molar-refractivity contribution in [1.29, 1.82) is 0 Å². The van der Waals surface area contributed by atoms with Gasteiger partial charge in [-0.15, -0.1) is 0 Å². The second kappa shape index (κ2) is 3.96. The normalized spacial score (nSPS) is 14.8. The molecule has 0 saturated heterocycles. The number of rotatable bonds is 2. The number of hydrogen-bond acceptors (Lipinski definition) is 3. The van der Waals surface area contributed by atoms with Gasteiger partial charge in [0.2, 0.25) is 0 Å². The van der Waals surface area contributed by atoms with Crippen molar-refractivity contribution in [3.05, 3.63) is 24.0 Å². The molecule has 1 aromatic rings. The maximum Gasteiger partial charge on any atom is 0.151 e. The molecule has 0 heterocycles. The monoisotopic (exact) mass is 216 g/mol. The Morgan fingerprint density at radius 2 is 2.21 bits per heavy atom. The van der Waals surface area contributed by atoms with Crippen LogP contribution in [0.1, 0.15) is 6.92 Å². The largest absolute Gasteiger partial charge is 0.399 e. The Morgan fingerprint density at radius 3 is 2.71 bits per heavy atom. The van der Waals surface area contributed by atoms with Crippen LogP contribution in [0.25, 0.3) is 0 Å². The molecule has 0 radical (unpaired) electrons. The third-order valence-electron chi connectivity index (χ3n) is 1.80. The van der Waals surface area contributed by atoms with Crippen LogP contribution in [0, 0.1) is 5.82 Å². The number of nitrogens with zero attached hydrogens (tertiary/aromatic N) is 1. The Kier molecular flexibility index (Phi) is 3.10. The molecular weight excluding hydrogens is 203 g/mol. The maximum absolute atomic E-state index is 13.2. The first-order valence-corrected chi connectivity index (χ1v) is 6.28. The zero-order valence-corrected chi connectivity index (χ0v) is 8.97. The minimum atomic E-state index is -2.31. The second-order valence-electron chi connectivity index (χ2n) is 3.05. The molecule has 78 valence electrons. The molecule has 0 saturated carbocycles. The molecule has 0 aliphatic carbocycles. The van der Waals surface area contributed by atoms with Crippen LogP contribution in [0.2, 0.25) is 0 Å². The van der Waals surface area contributed by atoms with E-state index in [0.29, 0.717) is 11.4 Å². The van der Waals surface area contributed by atoms with Gasteiger partial charge in [0.25, 0.3) is 0 Å². The van der Waals surface area contributed by atoms with E-state index in [-0.39, 0.29) is 5.69 Å². The molecule has 1 aromatic carbocycles. The summed E-state index contributed by atoms with van der Waals surface area (Å²) in [7, 11) is -2.31. The molecule has 0 spiro atoms. The zero-order valence-electron chi connectivity index (χ0n) is 8.16. The van der Waals surface area contributed by atoms with Gasteiger partial charge in [0.15, 0.2) is 5.82 Å². The molecule has 0 aliphatic heterocycles. The number of hydrogen-bond donors (Lipinski definition) is 1. The maximum atomic E-state index is 13.2. The highest BCUT2D eigenvalue weighted by Gasteiger charge is 2.03. The smallest absolute Gasteiger partial charge is 0.151 e. The summed E-state index contributed by atoms with van der Waals surface area (Å²) in [6.07, 6.45) is 1.50. The summed E-state index contributed by atoms with van der Waals surface area (Å²) in [5.74, 6) is -0.135. The Morgan fingerprint density at radius 1 is 1.57 bits per heavy atom. The molecular formula is C9H13FN2OS. The summed E-state index contributed by atoms with van der Waals surface area (Å²) >= 11 is 0. The summed E-state index contributed by atoms with van der Waals surface area (Å²) in [4.78, 5) is 0. The van der Waals surface area contributed by atoms with Gasteiger partial charge >= 0.3 is 0 Å². The zero-order chi connectivity index (χ0) is 10.8. The summed E-state index contributed by atoms with van der Waals surface area (Å²) in [6.45, 7) is 1.75. The number of nitrogen functional groups attached to an aromatic ring is 1. The lowest BCUT2D eigenvalue weighted by molar-refractivity contribution is 0.630. The molecule has 1 rings (SSSR count). The predicted molar refractivity (Wildman–Crippen MR) is 57.5 cm³/mol. The first kappa shape index (κ1) is 11.0. The van der Waals surface area contributed by atoms with Crippen molar-refractivity contribution in [3.8, 4) is 0 Å². The van der Waals surface area contributed by atoms with Gasteiger partial charge < -0.3 is 5.73 Å². The van der Waals surface area contributed by atoms with E-state index in [2.05, 4.69) is 4.36 Å². The van der Waals surface area contributed by atoms with Crippen molar-refractivity contribution in [3.63, 3.8) is 0 Å². The quantitative estimate of drug-likeness (QED) is 0.770. The van der Waals surface area contributed by atoms with Crippen LogP contribution in [0.3, 0.4) is 0 Å². The molecule has 1 atom stereocenters. The van der Waals surface area contributed by atoms with Gasteiger partial charge in [-0.25, -0.2) is 8.60 Å². The van der Waals surface area contributed by atoms with Crippen molar-refractivity contribution in [2.45, 2.75) is 6.92 Å². The van der Waals surface area contributed by atoms with E-state index in [0.717, 1.165) is 0 Å². The highest BCUT2D eigenvalue weighted by Crippen LogP contribution is 2.21. The van der Waals surface area contributed by atoms with E-state index in [4.69, 9.17) is 5.73 Å². The van der Waals surface area contributed by atoms with Crippen LogP contribution in [0.15, 0.2) is 22.6 Å². The molecule has 3 nitrogen and oxygen atoms in total. The summed E-state index contributed by atoms with van der Waals surface area (Å²) in [5, 5.41) is 0. The lowest BCUT2D eigenvalue weighted by atomic mass is 10.3. The standard InChI is InChI=1S/C9H13FN2OS/c1-3-14(2,13)12-9-5-4-7(11)6-8(9)10/h4-6H,3,11H2,1-2H3. The molecule has 1 unspecified atom stereocenters. The van der Waals surface area contributed by atoms with Crippen molar-refractivity contribution in [1.82, 2.24) is 0 Å². The predicted octanol–water partition coefficient (Wildman–Crippen LogP) is 2.16. The van der Waals surface area contributed by atoms with E-state index in [9.17, 15) is 8.60 Å². The molecule has 0 amide bonds. The molecule has 0 fully saturated rings. The molecule has 0 aromatic heterocycles. The molecule has 14 heavy (non-hydrogen) atoms. The van der Waals surface area contributed by atoms with Gasteiger partial charge in [0, 0.05) is 27.4 Å². The summed E-state index contributed by atoms with van der Waals surface area (Å²) in [6, 6.07) is 4.14. The van der Waals surface area contributed by atoms with Crippen molar-refractivity contribution < 1.29 is 8.60 Å². The van der Waals surface area contributed by atoms with Crippen molar-refractivity contribution in [2.75, 3.05) is 17.7 Å². The van der Waals surface area contributed by atoms with Crippen molar-refractivity contribution >= 4 is 21.1 Å². The van der Waals surface area contributed by atoms with Gasteiger partial charge in [0.05, 0.1) is 0 Å². The van der Waals surface area contributed by atoms with Crippen LogP contribution in [-0.2, 0) is 9.73 Å². The molecule has 2 N–H and O–H groups in total. The Bertz CT molecular complexity index is 450. The van der Waals surface area contributed by atoms with E-state index < -0.39 is 15.5 Å². The SMILES string of the molecule is CCS(C)(=O)=Nc1ccc(N)cc1F. The van der Waals surface area contributed by atoms with Crippen LogP contribution >= 0.6 is 0 Å². The fourth-order valence-corrected chi connectivity index (χ4v) is 1.56. The first-order valence-electron chi connectivity index (χ1n) is 4.19. The fraction of sp³-hybridized carbons (Fsp3) is 0.333. The highest BCUT2D eigenvalue weighted by atomic mass is 32.2. The van der Waals surface area contributed by atoms with Crippen LogP contribution < -0.4 is 5.73 Å². The van der Waals surface area contributed by atoms with Gasteiger partial charge in [-0.05, 0) is 18.2 Å². The minimum Gasteiger partial charge on any atom is -0.399 e. The number of anilines is 1. The molecule has 5 heteroatoms. The topological polar surface area (TPSA) is 55.5 Å². The number of benzene rings is 1. The van der Waals surface area contributed by atoms with Crippen LogP contribution in [0.4, 0.5) is 15.8 Å². The Labute approximate surface area is 83.3 Å². The van der Waals surface area contributed by atoms with Gasteiger partial charge in [-0.2, -0.15) is 4.36 Å². The lowest BCUT2D eigenvalue weighted by Crippen LogP contribution is -1.98. The van der Waals surface area contributed by atoms with Gasteiger partial charge in [0.1, 0.15) is 5.69 Å². The Balaban J connectivity index is 3.23. The highest BCUT2D eigenvalue weighted by molar-refractivity contribution is 7.93. The fourth-order valence-electron chi connectivity index (χ4n) is 0.870. The average Bonchev–Trinajstić information content (AvgIpc) is 2.10. The average molecular weight is 216 g/mol. The van der Waals surface area contributed by atoms with Crippen LogP contribution in [-0.4, -0.2) is 16.2 Å². The van der Waals surface area contributed by atoms with Crippen LogP contribution in [0.5, 0.6) is 0 Å². The van der Waals surface area contributed by atoms with E-state index in [1.807, 2.05) is 0 Å². The van der Waals surface area contributed by atoms with Gasteiger partial charge in [-0.1, -0.05) is 6.92 Å². The lowest BCUT2D eigenvalue weighted by Gasteiger charge is -2.01. The number of nitrogens with two attached hydrogens (primary N) is 1. The number of halogens is 1. The van der Waals surface area contributed by atoms with E-state index in [1.165, 1.54) is 24.5 Å². The Hall–Kier alpha value is -1.10. The van der Waals surface area contributed by atoms with E-state index in [1.54, 1.807) is 6.92 Å². The summed E-state index contributed by atoms with van der Waals surface area (Å²) < 4.78 is 28.7. The molecule has 0 bridgehead atoms. The third kappa shape index (κ3) is 2.70. The third-order valence-corrected chi connectivity index (χ3v) is 3.45. The van der Waals surface area contributed by atoms with Crippen molar-refractivity contribution in [2.24, 2.45) is 4.36 Å². The van der Waals surface area contributed by atoms with E-state index >= 15 is 0 Å². The first-order chi connectivity index (χ1) is 6.44.